The third kappa shape index (κ3) is 6.71. The minimum Gasteiger partial charge on any atom is -0.478 e. The molecular formula is C26H31FN4O4. The normalized spacial score (nSPS) is 15.9. The molecular weight excluding hydrogens is 451 g/mol. The van der Waals surface area contributed by atoms with Gasteiger partial charge in [0.25, 0.3) is 6.01 Å². The summed E-state index contributed by atoms with van der Waals surface area (Å²) in [6, 6.07) is 10.0. The highest BCUT2D eigenvalue weighted by Gasteiger charge is 2.27. The Morgan fingerprint density at radius 3 is 2.60 bits per heavy atom. The fraction of sp³-hybridized carbons (Fsp3) is 0.423. The summed E-state index contributed by atoms with van der Waals surface area (Å²) in [4.78, 5) is 28.9. The van der Waals surface area contributed by atoms with Crippen LogP contribution >= 0.6 is 0 Å². The largest absolute Gasteiger partial charge is 0.478 e. The number of carboxylic acids is 1. The van der Waals surface area contributed by atoms with E-state index in [1.54, 1.807) is 18.2 Å². The van der Waals surface area contributed by atoms with Crippen LogP contribution in [0.3, 0.4) is 0 Å². The van der Waals surface area contributed by atoms with Crippen molar-refractivity contribution >= 4 is 34.7 Å². The summed E-state index contributed by atoms with van der Waals surface area (Å²) in [6.07, 6.45) is 6.38. The van der Waals surface area contributed by atoms with Gasteiger partial charge in [0, 0.05) is 18.3 Å². The van der Waals surface area contributed by atoms with Crippen molar-refractivity contribution < 1.29 is 23.5 Å². The molecule has 1 fully saturated rings. The molecule has 186 valence electrons. The molecule has 4 rings (SSSR count). The number of aromatic carboxylic acids is 1. The first-order chi connectivity index (χ1) is 16.9. The van der Waals surface area contributed by atoms with Gasteiger partial charge >= 0.3 is 5.97 Å². The zero-order valence-electron chi connectivity index (χ0n) is 19.7. The van der Waals surface area contributed by atoms with Crippen LogP contribution in [0.5, 0.6) is 0 Å². The number of fused-ring (bicyclic) bond motifs is 1. The molecule has 1 amide bonds. The summed E-state index contributed by atoms with van der Waals surface area (Å²) >= 11 is 0. The average Bonchev–Trinajstić information content (AvgIpc) is 3.25. The number of hydrogen-bond donors (Lipinski definition) is 4. The Balaban J connectivity index is 1.43. The first-order valence-electron chi connectivity index (χ1n) is 12.1. The Morgan fingerprint density at radius 1 is 1.14 bits per heavy atom. The van der Waals surface area contributed by atoms with Crippen LogP contribution in [-0.2, 0) is 4.79 Å². The van der Waals surface area contributed by atoms with Crippen LogP contribution in [-0.4, -0.2) is 40.6 Å². The lowest BCUT2D eigenvalue weighted by Crippen LogP contribution is -2.46. The van der Waals surface area contributed by atoms with Crippen molar-refractivity contribution in [2.75, 3.05) is 17.2 Å². The molecule has 0 aliphatic heterocycles. The second-order valence-electron chi connectivity index (χ2n) is 9.24. The van der Waals surface area contributed by atoms with E-state index in [1.165, 1.54) is 30.7 Å². The van der Waals surface area contributed by atoms with Crippen LogP contribution in [0.15, 0.2) is 46.9 Å². The average molecular weight is 483 g/mol. The van der Waals surface area contributed by atoms with Gasteiger partial charge in [-0.1, -0.05) is 32.1 Å². The third-order valence-corrected chi connectivity index (χ3v) is 6.39. The SMILES string of the molecule is CC(CNc1ccc(F)cc1)NC(=O)C(CC1CCCCC1)Nc1nc2ccc(C(=O)O)cc2o1. The molecule has 35 heavy (non-hydrogen) atoms. The number of carbonyl (C=O) groups excluding carboxylic acids is 1. The number of nitrogens with zero attached hydrogens (tertiary/aromatic N) is 1. The zero-order valence-corrected chi connectivity index (χ0v) is 19.7. The van der Waals surface area contributed by atoms with Crippen LogP contribution in [0.1, 0.15) is 55.8 Å². The van der Waals surface area contributed by atoms with Gasteiger partial charge in [-0.3, -0.25) is 4.79 Å². The minimum absolute atomic E-state index is 0.110. The number of rotatable bonds is 10. The number of anilines is 2. The van der Waals surface area contributed by atoms with Crippen molar-refractivity contribution in [3.8, 4) is 0 Å². The van der Waals surface area contributed by atoms with Crippen molar-refractivity contribution in [1.82, 2.24) is 10.3 Å². The Bertz CT molecular complexity index is 1160. The molecule has 0 spiro atoms. The standard InChI is InChI=1S/C26H31FN4O4/c1-16(15-28-20-10-8-19(27)9-11-20)29-24(32)22(13-17-5-3-2-4-6-17)31-26-30-21-12-7-18(25(33)34)14-23(21)35-26/h7-12,14,16-17,22,28H,2-6,13,15H2,1H3,(H,29,32)(H,30,31)(H,33,34). The van der Waals surface area contributed by atoms with E-state index in [2.05, 4.69) is 20.9 Å². The Kier molecular flexibility index (Phi) is 7.84. The minimum atomic E-state index is -1.05. The van der Waals surface area contributed by atoms with E-state index >= 15 is 0 Å². The molecule has 2 atom stereocenters. The highest BCUT2D eigenvalue weighted by atomic mass is 19.1. The van der Waals surface area contributed by atoms with E-state index in [9.17, 15) is 19.1 Å². The fourth-order valence-electron chi connectivity index (χ4n) is 4.49. The smallest absolute Gasteiger partial charge is 0.335 e. The van der Waals surface area contributed by atoms with Gasteiger partial charge in [-0.15, -0.1) is 0 Å². The lowest BCUT2D eigenvalue weighted by atomic mass is 9.84. The molecule has 1 aliphatic rings. The van der Waals surface area contributed by atoms with Gasteiger partial charge in [0.05, 0.1) is 5.56 Å². The second kappa shape index (κ2) is 11.2. The topological polar surface area (TPSA) is 116 Å². The maximum absolute atomic E-state index is 13.2. The van der Waals surface area contributed by atoms with Crippen LogP contribution in [0.25, 0.3) is 11.1 Å². The molecule has 9 heteroatoms. The molecule has 1 heterocycles. The van der Waals surface area contributed by atoms with E-state index in [0.29, 0.717) is 30.0 Å². The zero-order chi connectivity index (χ0) is 24.8. The number of oxazole rings is 1. The summed E-state index contributed by atoms with van der Waals surface area (Å²) in [5.74, 6) is -1.07. The van der Waals surface area contributed by atoms with Crippen LogP contribution < -0.4 is 16.0 Å². The summed E-state index contributed by atoms with van der Waals surface area (Å²) in [7, 11) is 0. The Morgan fingerprint density at radius 2 is 1.89 bits per heavy atom. The molecule has 1 saturated carbocycles. The molecule has 1 aromatic heterocycles. The van der Waals surface area contributed by atoms with Crippen LogP contribution in [0.4, 0.5) is 16.1 Å². The Labute approximate surface area is 203 Å². The predicted octanol–water partition coefficient (Wildman–Crippen LogP) is 5.03. The molecule has 3 aromatic rings. The van der Waals surface area contributed by atoms with Gasteiger partial charge in [0.2, 0.25) is 5.91 Å². The molecule has 0 bridgehead atoms. The van der Waals surface area contributed by atoms with Gasteiger partial charge in [0.15, 0.2) is 5.58 Å². The lowest BCUT2D eigenvalue weighted by molar-refractivity contribution is -0.122. The number of hydrogen-bond acceptors (Lipinski definition) is 6. The molecule has 2 aromatic carbocycles. The highest BCUT2D eigenvalue weighted by Crippen LogP contribution is 2.29. The van der Waals surface area contributed by atoms with E-state index in [1.807, 2.05) is 6.92 Å². The molecule has 8 nitrogen and oxygen atoms in total. The van der Waals surface area contributed by atoms with Crippen LogP contribution in [0, 0.1) is 11.7 Å². The van der Waals surface area contributed by atoms with E-state index < -0.39 is 12.0 Å². The van der Waals surface area contributed by atoms with Gasteiger partial charge in [0.1, 0.15) is 17.4 Å². The van der Waals surface area contributed by atoms with Crippen molar-refractivity contribution in [3.63, 3.8) is 0 Å². The van der Waals surface area contributed by atoms with Crippen molar-refractivity contribution in [2.24, 2.45) is 5.92 Å². The van der Waals surface area contributed by atoms with Gasteiger partial charge in [-0.2, -0.15) is 4.98 Å². The van der Waals surface area contributed by atoms with Gasteiger partial charge in [-0.05, 0) is 61.7 Å². The molecule has 0 radical (unpaired) electrons. The first kappa shape index (κ1) is 24.5. The molecule has 0 saturated heterocycles. The molecule has 4 N–H and O–H groups in total. The highest BCUT2D eigenvalue weighted by molar-refractivity contribution is 5.92. The first-order valence-corrected chi connectivity index (χ1v) is 12.1. The number of benzene rings is 2. The maximum Gasteiger partial charge on any atom is 0.335 e. The van der Waals surface area contributed by atoms with E-state index in [0.717, 1.165) is 31.4 Å². The number of nitrogens with one attached hydrogen (secondary N) is 3. The summed E-state index contributed by atoms with van der Waals surface area (Å²) in [5, 5.41) is 18.6. The fourth-order valence-corrected chi connectivity index (χ4v) is 4.49. The number of amides is 1. The summed E-state index contributed by atoms with van der Waals surface area (Å²) < 4.78 is 18.9. The third-order valence-electron chi connectivity index (χ3n) is 6.39. The number of halogens is 1. The van der Waals surface area contributed by atoms with Crippen LogP contribution in [0.2, 0.25) is 0 Å². The van der Waals surface area contributed by atoms with E-state index in [-0.39, 0.29) is 29.3 Å². The van der Waals surface area contributed by atoms with Gasteiger partial charge in [-0.25, -0.2) is 9.18 Å². The summed E-state index contributed by atoms with van der Waals surface area (Å²) in [6.45, 7) is 2.38. The maximum atomic E-state index is 13.2. The lowest BCUT2D eigenvalue weighted by Gasteiger charge is -2.27. The van der Waals surface area contributed by atoms with Crippen molar-refractivity contribution in [3.05, 3.63) is 53.8 Å². The number of carbonyl (C=O) groups is 2. The molecule has 1 aliphatic carbocycles. The van der Waals surface area contributed by atoms with Crippen molar-refractivity contribution in [2.45, 2.75) is 57.5 Å². The van der Waals surface area contributed by atoms with Crippen molar-refractivity contribution in [1.29, 1.82) is 0 Å². The second-order valence-corrected chi connectivity index (χ2v) is 9.24. The number of aromatic nitrogens is 1. The van der Waals surface area contributed by atoms with E-state index in [4.69, 9.17) is 4.42 Å². The quantitative estimate of drug-likeness (QED) is 0.320. The number of carboxylic acid groups (broad SMARTS) is 1. The molecule has 2 unspecified atom stereocenters. The predicted molar refractivity (Wildman–Crippen MR) is 132 cm³/mol. The Hall–Kier alpha value is -3.62. The summed E-state index contributed by atoms with van der Waals surface area (Å²) in [5.41, 5.74) is 1.75. The monoisotopic (exact) mass is 482 g/mol. The van der Waals surface area contributed by atoms with Gasteiger partial charge < -0.3 is 25.5 Å².